The fraction of sp³-hybridized carbons (Fsp3) is 0.0833. The molecule has 0 radical (unpaired) electrons. The lowest BCUT2D eigenvalue weighted by Gasteiger charge is -2.11. The molecule has 0 aliphatic rings. The van der Waals surface area contributed by atoms with Crippen LogP contribution in [0.25, 0.3) is 0 Å². The van der Waals surface area contributed by atoms with Crippen LogP contribution >= 0.6 is 0 Å². The summed E-state index contributed by atoms with van der Waals surface area (Å²) in [6.45, 7) is 0. The van der Waals surface area contributed by atoms with E-state index in [-0.39, 0.29) is 5.56 Å². The molecule has 1 heterocycles. The van der Waals surface area contributed by atoms with Gasteiger partial charge in [-0.2, -0.15) is 23.4 Å². The number of alkyl halides is 3. The average molecular weight is 252 g/mol. The molecule has 0 saturated heterocycles. The maximum Gasteiger partial charge on any atom is 0.417 e. The van der Waals surface area contributed by atoms with Gasteiger partial charge in [-0.05, 0) is 12.1 Å². The first-order valence-corrected chi connectivity index (χ1v) is 4.98. The molecule has 0 spiro atoms. The van der Waals surface area contributed by atoms with Gasteiger partial charge in [-0.1, -0.05) is 18.2 Å². The van der Waals surface area contributed by atoms with Crippen molar-refractivity contribution in [2.75, 3.05) is 0 Å². The highest BCUT2D eigenvalue weighted by Gasteiger charge is 2.34. The van der Waals surface area contributed by atoms with E-state index in [0.717, 1.165) is 18.3 Å². The minimum atomic E-state index is -4.56. The second kappa shape index (κ2) is 4.56. The third-order valence-electron chi connectivity index (χ3n) is 2.32. The van der Waals surface area contributed by atoms with E-state index in [0.29, 0.717) is 0 Å². The predicted molar refractivity (Wildman–Crippen MR) is 56.9 cm³/mol. The molecule has 18 heavy (non-hydrogen) atoms. The number of carbonyl (C=O) groups excluding carboxylic acids is 1. The lowest BCUT2D eigenvalue weighted by molar-refractivity contribution is -0.137. The van der Waals surface area contributed by atoms with Crippen LogP contribution in [-0.2, 0) is 6.18 Å². The molecule has 3 nitrogen and oxygen atoms in total. The van der Waals surface area contributed by atoms with Gasteiger partial charge >= 0.3 is 6.18 Å². The minimum Gasteiger partial charge on any atom is -0.289 e. The van der Waals surface area contributed by atoms with Crippen molar-refractivity contribution in [3.05, 3.63) is 59.4 Å². The zero-order valence-corrected chi connectivity index (χ0v) is 8.98. The van der Waals surface area contributed by atoms with Gasteiger partial charge in [0, 0.05) is 11.1 Å². The zero-order valence-electron chi connectivity index (χ0n) is 8.98. The first kappa shape index (κ1) is 12.2. The Hall–Kier alpha value is -2.24. The van der Waals surface area contributed by atoms with Gasteiger partial charge in [-0.3, -0.25) is 4.79 Å². The van der Waals surface area contributed by atoms with E-state index in [4.69, 9.17) is 0 Å². The summed E-state index contributed by atoms with van der Waals surface area (Å²) in [5.41, 5.74) is -1.27. The third-order valence-corrected chi connectivity index (χ3v) is 2.32. The van der Waals surface area contributed by atoms with Gasteiger partial charge in [-0.15, -0.1) is 0 Å². The highest BCUT2D eigenvalue weighted by atomic mass is 19.4. The molecule has 0 aliphatic carbocycles. The van der Waals surface area contributed by atoms with Crippen molar-refractivity contribution in [2.24, 2.45) is 0 Å². The van der Waals surface area contributed by atoms with Crippen LogP contribution in [0.2, 0.25) is 0 Å². The van der Waals surface area contributed by atoms with Crippen molar-refractivity contribution in [1.29, 1.82) is 0 Å². The van der Waals surface area contributed by atoms with Crippen LogP contribution in [0, 0.1) is 0 Å². The molecule has 1 aromatic heterocycles. The molecule has 0 atom stereocenters. The van der Waals surface area contributed by atoms with Crippen LogP contribution in [0.4, 0.5) is 13.2 Å². The zero-order chi connectivity index (χ0) is 13.2. The quantitative estimate of drug-likeness (QED) is 0.772. The fourth-order valence-electron chi connectivity index (χ4n) is 1.51. The molecule has 1 aromatic carbocycles. The van der Waals surface area contributed by atoms with Crippen molar-refractivity contribution < 1.29 is 18.0 Å². The van der Waals surface area contributed by atoms with Gasteiger partial charge in [0.2, 0.25) is 0 Å². The molecule has 0 N–H and O–H groups in total. The van der Waals surface area contributed by atoms with Crippen LogP contribution in [0.1, 0.15) is 21.5 Å². The van der Waals surface area contributed by atoms with Crippen LogP contribution in [0.15, 0.2) is 42.7 Å². The van der Waals surface area contributed by atoms with Crippen molar-refractivity contribution in [3.63, 3.8) is 0 Å². The van der Waals surface area contributed by atoms with E-state index < -0.39 is 23.1 Å². The van der Waals surface area contributed by atoms with E-state index in [1.54, 1.807) is 0 Å². The Morgan fingerprint density at radius 2 is 1.78 bits per heavy atom. The van der Waals surface area contributed by atoms with Crippen molar-refractivity contribution in [3.8, 4) is 0 Å². The molecule has 0 unspecified atom stereocenters. The molecular weight excluding hydrogens is 245 g/mol. The molecule has 0 saturated carbocycles. The summed E-state index contributed by atoms with van der Waals surface area (Å²) in [4.78, 5) is 11.9. The Morgan fingerprint density at radius 1 is 1.06 bits per heavy atom. The lowest BCUT2D eigenvalue weighted by Crippen LogP contribution is -2.13. The highest BCUT2D eigenvalue weighted by molar-refractivity contribution is 6.09. The maximum absolute atomic E-state index is 12.7. The monoisotopic (exact) mass is 252 g/mol. The van der Waals surface area contributed by atoms with Crippen molar-refractivity contribution in [2.45, 2.75) is 6.18 Å². The van der Waals surface area contributed by atoms with Crippen molar-refractivity contribution >= 4 is 5.78 Å². The molecule has 2 aromatic rings. The average Bonchev–Trinajstić information content (AvgIpc) is 2.38. The van der Waals surface area contributed by atoms with E-state index in [2.05, 4.69) is 10.2 Å². The van der Waals surface area contributed by atoms with Crippen LogP contribution in [0.3, 0.4) is 0 Å². The molecular formula is C12H7F3N2O. The van der Waals surface area contributed by atoms with Gasteiger partial charge in [0.25, 0.3) is 0 Å². The molecule has 2 rings (SSSR count). The Morgan fingerprint density at radius 3 is 2.39 bits per heavy atom. The number of benzene rings is 1. The Labute approximate surface area is 100 Å². The largest absolute Gasteiger partial charge is 0.417 e. The Bertz CT molecular complexity index is 567. The predicted octanol–water partition coefficient (Wildman–Crippen LogP) is 2.73. The second-order valence-corrected chi connectivity index (χ2v) is 3.50. The number of ketones is 1. The van der Waals surface area contributed by atoms with Gasteiger partial charge in [-0.25, -0.2) is 0 Å². The Balaban J connectivity index is 2.50. The first-order chi connectivity index (χ1) is 8.50. The smallest absolute Gasteiger partial charge is 0.289 e. The van der Waals surface area contributed by atoms with E-state index in [9.17, 15) is 18.0 Å². The van der Waals surface area contributed by atoms with Gasteiger partial charge in [0.05, 0.1) is 18.0 Å². The summed E-state index contributed by atoms with van der Waals surface area (Å²) in [5, 5.41) is 6.94. The number of rotatable bonds is 2. The summed E-state index contributed by atoms with van der Waals surface area (Å²) in [6.07, 6.45) is -2.17. The minimum absolute atomic E-state index is 0.0710. The highest BCUT2D eigenvalue weighted by Crippen LogP contribution is 2.32. The normalized spacial score (nSPS) is 11.3. The van der Waals surface area contributed by atoms with E-state index >= 15 is 0 Å². The molecule has 0 bridgehead atoms. The van der Waals surface area contributed by atoms with Crippen LogP contribution in [0.5, 0.6) is 0 Å². The van der Waals surface area contributed by atoms with Gasteiger partial charge in [0.15, 0.2) is 5.78 Å². The molecule has 92 valence electrons. The van der Waals surface area contributed by atoms with Crippen molar-refractivity contribution in [1.82, 2.24) is 10.2 Å². The first-order valence-electron chi connectivity index (χ1n) is 4.98. The number of aromatic nitrogens is 2. The Kier molecular flexibility index (Phi) is 3.10. The van der Waals surface area contributed by atoms with Crippen LogP contribution < -0.4 is 0 Å². The molecule has 6 heteroatoms. The number of nitrogens with zero attached hydrogens (tertiary/aromatic N) is 2. The third kappa shape index (κ3) is 2.37. The van der Waals surface area contributed by atoms with Gasteiger partial charge < -0.3 is 0 Å². The summed E-state index contributed by atoms with van der Waals surface area (Å²) in [7, 11) is 0. The fourth-order valence-corrected chi connectivity index (χ4v) is 1.51. The van der Waals surface area contributed by atoms with E-state index in [1.165, 1.54) is 24.4 Å². The van der Waals surface area contributed by atoms with Crippen LogP contribution in [-0.4, -0.2) is 16.0 Å². The summed E-state index contributed by atoms with van der Waals surface area (Å²) in [5.74, 6) is -0.724. The standard InChI is InChI=1S/C12H7F3N2O/c13-12(14,15)10-4-2-1-3-9(10)11(18)8-5-6-16-17-7-8/h1-7H. The van der Waals surface area contributed by atoms with E-state index in [1.807, 2.05) is 0 Å². The summed E-state index contributed by atoms with van der Waals surface area (Å²) >= 11 is 0. The van der Waals surface area contributed by atoms with Gasteiger partial charge in [0.1, 0.15) is 0 Å². The maximum atomic E-state index is 12.7. The number of hydrogen-bond acceptors (Lipinski definition) is 3. The molecule has 0 aliphatic heterocycles. The number of hydrogen-bond donors (Lipinski definition) is 0. The number of carbonyl (C=O) groups is 1. The molecule has 0 amide bonds. The molecule has 0 fully saturated rings. The second-order valence-electron chi connectivity index (χ2n) is 3.50. The topological polar surface area (TPSA) is 42.9 Å². The lowest BCUT2D eigenvalue weighted by atomic mass is 9.99. The SMILES string of the molecule is O=C(c1ccnnc1)c1ccccc1C(F)(F)F. The summed E-state index contributed by atoms with van der Waals surface area (Å²) in [6, 6.07) is 5.97. The number of halogens is 3. The summed E-state index contributed by atoms with van der Waals surface area (Å²) < 4.78 is 38.2.